The zero-order valence-corrected chi connectivity index (χ0v) is 10.3. The van der Waals surface area contributed by atoms with Gasteiger partial charge in [0, 0.05) is 25.2 Å². The van der Waals surface area contributed by atoms with E-state index in [1.165, 1.54) is 6.07 Å². The van der Waals surface area contributed by atoms with Gasteiger partial charge in [0.15, 0.2) is 0 Å². The van der Waals surface area contributed by atoms with Gasteiger partial charge in [0.25, 0.3) is 0 Å². The molecular weight excluding hydrogens is 243 g/mol. The van der Waals surface area contributed by atoms with Crippen LogP contribution in [0.2, 0.25) is 5.02 Å². The summed E-state index contributed by atoms with van der Waals surface area (Å²) in [5.74, 6) is -0.367. The third-order valence-electron chi connectivity index (χ3n) is 3.49. The Hall–Kier alpha value is -0.640. The van der Waals surface area contributed by atoms with Crippen LogP contribution < -0.4 is 0 Å². The van der Waals surface area contributed by atoms with Crippen LogP contribution in [-0.2, 0) is 11.2 Å². The minimum Gasteiger partial charge on any atom is -0.396 e. The zero-order chi connectivity index (χ0) is 12.3. The molecular formula is C13H16ClFO2. The van der Waals surface area contributed by atoms with Crippen LogP contribution >= 0.6 is 11.6 Å². The maximum absolute atomic E-state index is 13.8. The quantitative estimate of drug-likeness (QED) is 0.903. The lowest BCUT2D eigenvalue weighted by molar-refractivity contribution is -0.0161. The molecule has 0 aliphatic carbocycles. The lowest BCUT2D eigenvalue weighted by atomic mass is 9.76. The van der Waals surface area contributed by atoms with Gasteiger partial charge in [-0.1, -0.05) is 23.7 Å². The molecule has 1 fully saturated rings. The molecule has 1 aromatic carbocycles. The standard InChI is InChI=1S/C13H16ClFO2/c14-11-3-1-2-10(12(11)15)8-13(9-16)4-6-17-7-5-13/h1-3,16H,4-9H2. The van der Waals surface area contributed by atoms with Crippen molar-refractivity contribution in [2.75, 3.05) is 19.8 Å². The number of hydrogen-bond donors (Lipinski definition) is 1. The fourth-order valence-corrected chi connectivity index (χ4v) is 2.48. The molecule has 0 saturated carbocycles. The van der Waals surface area contributed by atoms with Crippen molar-refractivity contribution < 1.29 is 14.2 Å². The van der Waals surface area contributed by atoms with Crippen LogP contribution in [0.15, 0.2) is 18.2 Å². The van der Waals surface area contributed by atoms with E-state index < -0.39 is 0 Å². The minimum atomic E-state index is -0.367. The largest absolute Gasteiger partial charge is 0.396 e. The Morgan fingerprint density at radius 3 is 2.71 bits per heavy atom. The van der Waals surface area contributed by atoms with Crippen molar-refractivity contribution in [3.63, 3.8) is 0 Å². The maximum Gasteiger partial charge on any atom is 0.144 e. The smallest absolute Gasteiger partial charge is 0.144 e. The second kappa shape index (κ2) is 5.34. The summed E-state index contributed by atoms with van der Waals surface area (Å²) in [6, 6.07) is 5.01. The monoisotopic (exact) mass is 258 g/mol. The molecule has 0 radical (unpaired) electrons. The molecule has 1 heterocycles. The van der Waals surface area contributed by atoms with Gasteiger partial charge in [-0.2, -0.15) is 0 Å². The molecule has 0 unspecified atom stereocenters. The zero-order valence-electron chi connectivity index (χ0n) is 9.59. The lowest BCUT2D eigenvalue weighted by Crippen LogP contribution is -2.35. The number of halogens is 2. The highest BCUT2D eigenvalue weighted by molar-refractivity contribution is 6.30. The van der Waals surface area contributed by atoms with E-state index in [1.54, 1.807) is 12.1 Å². The molecule has 2 rings (SSSR count). The van der Waals surface area contributed by atoms with Crippen molar-refractivity contribution in [3.05, 3.63) is 34.6 Å². The molecule has 1 N–H and O–H groups in total. The molecule has 1 aliphatic heterocycles. The van der Waals surface area contributed by atoms with Crippen molar-refractivity contribution in [2.24, 2.45) is 5.41 Å². The number of aliphatic hydroxyl groups excluding tert-OH is 1. The van der Waals surface area contributed by atoms with E-state index in [0.717, 1.165) is 12.8 Å². The highest BCUT2D eigenvalue weighted by Crippen LogP contribution is 2.35. The highest BCUT2D eigenvalue weighted by Gasteiger charge is 2.33. The molecule has 0 amide bonds. The molecule has 2 nitrogen and oxygen atoms in total. The van der Waals surface area contributed by atoms with Crippen molar-refractivity contribution in [3.8, 4) is 0 Å². The summed E-state index contributed by atoms with van der Waals surface area (Å²) < 4.78 is 19.1. The topological polar surface area (TPSA) is 29.5 Å². The maximum atomic E-state index is 13.8. The molecule has 94 valence electrons. The van der Waals surface area contributed by atoms with Gasteiger partial charge in [-0.3, -0.25) is 0 Å². The Morgan fingerprint density at radius 1 is 1.35 bits per heavy atom. The van der Waals surface area contributed by atoms with E-state index in [1.807, 2.05) is 0 Å². The summed E-state index contributed by atoms with van der Waals surface area (Å²) in [6.45, 7) is 1.31. The molecule has 0 bridgehead atoms. The van der Waals surface area contributed by atoms with Crippen LogP contribution in [0.3, 0.4) is 0 Å². The Balaban J connectivity index is 2.20. The van der Waals surface area contributed by atoms with Gasteiger partial charge in [0.05, 0.1) is 5.02 Å². The van der Waals surface area contributed by atoms with E-state index in [9.17, 15) is 9.50 Å². The fraction of sp³-hybridized carbons (Fsp3) is 0.538. The molecule has 4 heteroatoms. The van der Waals surface area contributed by atoms with Gasteiger partial charge in [0.2, 0.25) is 0 Å². The van der Waals surface area contributed by atoms with Crippen LogP contribution in [-0.4, -0.2) is 24.9 Å². The molecule has 1 saturated heterocycles. The van der Waals surface area contributed by atoms with Crippen LogP contribution in [0.25, 0.3) is 0 Å². The number of rotatable bonds is 3. The SMILES string of the molecule is OCC1(Cc2cccc(Cl)c2F)CCOCC1. The summed E-state index contributed by atoms with van der Waals surface area (Å²) in [4.78, 5) is 0. The van der Waals surface area contributed by atoms with Gasteiger partial charge in [-0.25, -0.2) is 4.39 Å². The highest BCUT2D eigenvalue weighted by atomic mass is 35.5. The van der Waals surface area contributed by atoms with Gasteiger partial charge in [-0.05, 0) is 30.9 Å². The van der Waals surface area contributed by atoms with Gasteiger partial charge in [0.1, 0.15) is 5.82 Å². The van der Waals surface area contributed by atoms with Crippen LogP contribution in [0.5, 0.6) is 0 Å². The number of benzene rings is 1. The molecule has 0 aromatic heterocycles. The van der Waals surface area contributed by atoms with Crippen molar-refractivity contribution in [2.45, 2.75) is 19.3 Å². The summed E-state index contributed by atoms with van der Waals surface area (Å²) in [6.07, 6.45) is 2.03. The third-order valence-corrected chi connectivity index (χ3v) is 3.78. The summed E-state index contributed by atoms with van der Waals surface area (Å²) in [5, 5.41) is 9.69. The van der Waals surface area contributed by atoms with Crippen LogP contribution in [0.4, 0.5) is 4.39 Å². The lowest BCUT2D eigenvalue weighted by Gasteiger charge is -2.35. The van der Waals surface area contributed by atoms with Crippen LogP contribution in [0, 0.1) is 11.2 Å². The second-order valence-electron chi connectivity index (χ2n) is 4.66. The first-order valence-corrected chi connectivity index (χ1v) is 6.16. The summed E-state index contributed by atoms with van der Waals surface area (Å²) in [7, 11) is 0. The first kappa shape index (κ1) is 12.8. The molecule has 1 aliphatic rings. The van der Waals surface area contributed by atoms with Gasteiger partial charge < -0.3 is 9.84 Å². The minimum absolute atomic E-state index is 0.0579. The predicted molar refractivity (Wildman–Crippen MR) is 64.7 cm³/mol. The van der Waals surface area contributed by atoms with E-state index in [2.05, 4.69) is 0 Å². The Kier molecular flexibility index (Phi) is 4.02. The van der Waals surface area contributed by atoms with Crippen molar-refractivity contribution in [1.82, 2.24) is 0 Å². The van der Waals surface area contributed by atoms with E-state index in [0.29, 0.717) is 25.2 Å². The van der Waals surface area contributed by atoms with E-state index in [4.69, 9.17) is 16.3 Å². The van der Waals surface area contributed by atoms with Crippen molar-refractivity contribution in [1.29, 1.82) is 0 Å². The number of aliphatic hydroxyl groups is 1. The average molecular weight is 259 g/mol. The fourth-order valence-electron chi connectivity index (χ4n) is 2.28. The summed E-state index contributed by atoms with van der Waals surface area (Å²) in [5.41, 5.74) is 0.317. The molecule has 0 spiro atoms. The molecule has 0 atom stereocenters. The average Bonchev–Trinajstić information content (AvgIpc) is 2.36. The second-order valence-corrected chi connectivity index (χ2v) is 5.07. The van der Waals surface area contributed by atoms with Gasteiger partial charge >= 0.3 is 0 Å². The van der Waals surface area contributed by atoms with E-state index in [-0.39, 0.29) is 22.9 Å². The van der Waals surface area contributed by atoms with Crippen LogP contribution in [0.1, 0.15) is 18.4 Å². The first-order valence-electron chi connectivity index (χ1n) is 5.78. The third kappa shape index (κ3) is 2.79. The summed E-state index contributed by atoms with van der Waals surface area (Å²) >= 11 is 5.76. The number of ether oxygens (including phenoxy) is 1. The predicted octanol–water partition coefficient (Wildman–Crippen LogP) is 2.81. The molecule has 1 aromatic rings. The molecule has 17 heavy (non-hydrogen) atoms. The Morgan fingerprint density at radius 2 is 2.06 bits per heavy atom. The Labute approximate surface area is 105 Å². The van der Waals surface area contributed by atoms with Crippen molar-refractivity contribution >= 4 is 11.6 Å². The number of hydrogen-bond acceptors (Lipinski definition) is 2. The first-order chi connectivity index (χ1) is 8.17. The van der Waals surface area contributed by atoms with E-state index >= 15 is 0 Å². The normalized spacial score (nSPS) is 19.2. The van der Waals surface area contributed by atoms with Gasteiger partial charge in [-0.15, -0.1) is 0 Å². The Bertz CT molecular complexity index is 389.